The Balaban J connectivity index is 0. The van der Waals surface area contributed by atoms with Gasteiger partial charge in [-0.3, -0.25) is 0 Å². The molecule has 0 radical (unpaired) electrons. The molecule has 1 rings (SSSR count). The number of aliphatic hydroxyl groups is 2. The lowest BCUT2D eigenvalue weighted by atomic mass is 10.1. The van der Waals surface area contributed by atoms with Crippen LogP contribution in [0.2, 0.25) is 0 Å². The SMILES string of the molecule is Cl.Cl.OCc1ccc(CO)cc1. The smallest absolute Gasteiger partial charge is 0.0681 e. The Morgan fingerprint density at radius 3 is 1.17 bits per heavy atom. The number of aliphatic hydroxyl groups excluding tert-OH is 2. The minimum absolute atomic E-state index is 0. The predicted octanol–water partition coefficient (Wildman–Crippen LogP) is 1.51. The largest absolute Gasteiger partial charge is 0.392 e. The highest BCUT2D eigenvalue weighted by atomic mass is 35.5. The van der Waals surface area contributed by atoms with Gasteiger partial charge in [0.1, 0.15) is 0 Å². The molecule has 0 atom stereocenters. The van der Waals surface area contributed by atoms with Crippen LogP contribution < -0.4 is 0 Å². The quantitative estimate of drug-likeness (QED) is 0.778. The number of halogens is 2. The molecule has 0 spiro atoms. The van der Waals surface area contributed by atoms with Crippen LogP contribution in [-0.2, 0) is 13.2 Å². The van der Waals surface area contributed by atoms with Crippen LogP contribution in [-0.4, -0.2) is 10.2 Å². The zero-order valence-electron chi connectivity index (χ0n) is 6.43. The van der Waals surface area contributed by atoms with Crippen molar-refractivity contribution in [2.45, 2.75) is 13.2 Å². The van der Waals surface area contributed by atoms with Crippen LogP contribution in [0.5, 0.6) is 0 Å². The minimum atomic E-state index is 0. The first-order valence-electron chi connectivity index (χ1n) is 3.16. The maximum absolute atomic E-state index is 8.64. The van der Waals surface area contributed by atoms with E-state index in [4.69, 9.17) is 10.2 Å². The monoisotopic (exact) mass is 210 g/mol. The Labute approximate surface area is 84.1 Å². The van der Waals surface area contributed by atoms with Crippen molar-refractivity contribution >= 4 is 24.8 Å². The average Bonchev–Trinajstić information content (AvgIpc) is 2.05. The van der Waals surface area contributed by atoms with Gasteiger partial charge in [-0.15, -0.1) is 24.8 Å². The maximum Gasteiger partial charge on any atom is 0.0681 e. The summed E-state index contributed by atoms with van der Waals surface area (Å²) in [5, 5.41) is 17.3. The Hall–Kier alpha value is -0.280. The lowest BCUT2D eigenvalue weighted by Crippen LogP contribution is -1.85. The second-order valence-electron chi connectivity index (χ2n) is 2.13. The highest BCUT2D eigenvalue weighted by Crippen LogP contribution is 2.03. The van der Waals surface area contributed by atoms with Gasteiger partial charge in [0.2, 0.25) is 0 Å². The fourth-order valence-corrected chi connectivity index (χ4v) is 0.750. The Kier molecular flexibility index (Phi) is 8.76. The van der Waals surface area contributed by atoms with Crippen LogP contribution in [0.4, 0.5) is 0 Å². The van der Waals surface area contributed by atoms with E-state index in [-0.39, 0.29) is 38.0 Å². The topological polar surface area (TPSA) is 40.5 Å². The van der Waals surface area contributed by atoms with Crippen LogP contribution in [0.3, 0.4) is 0 Å². The highest BCUT2D eigenvalue weighted by molar-refractivity contribution is 5.85. The summed E-state index contributed by atoms with van der Waals surface area (Å²) >= 11 is 0. The molecule has 0 aromatic heterocycles. The summed E-state index contributed by atoms with van der Waals surface area (Å²) in [5.74, 6) is 0. The maximum atomic E-state index is 8.64. The van der Waals surface area contributed by atoms with Gasteiger partial charge in [0.05, 0.1) is 13.2 Å². The molecule has 0 aliphatic rings. The first-order valence-corrected chi connectivity index (χ1v) is 3.16. The first-order chi connectivity index (χ1) is 4.86. The normalized spacial score (nSPS) is 8.17. The number of hydrogen-bond donors (Lipinski definition) is 2. The molecule has 0 bridgehead atoms. The van der Waals surface area contributed by atoms with Crippen LogP contribution in [0.25, 0.3) is 0 Å². The Morgan fingerprint density at radius 1 is 0.750 bits per heavy atom. The summed E-state index contributed by atoms with van der Waals surface area (Å²) < 4.78 is 0. The molecule has 0 saturated heterocycles. The summed E-state index contributed by atoms with van der Waals surface area (Å²) in [5.41, 5.74) is 1.74. The van der Waals surface area contributed by atoms with Crippen LogP contribution in [0.1, 0.15) is 11.1 Å². The van der Waals surface area contributed by atoms with Crippen LogP contribution in [0.15, 0.2) is 24.3 Å². The lowest BCUT2D eigenvalue weighted by molar-refractivity contribution is 0.278. The molecular weight excluding hydrogens is 199 g/mol. The highest BCUT2D eigenvalue weighted by Gasteiger charge is 1.89. The third-order valence-electron chi connectivity index (χ3n) is 1.39. The van der Waals surface area contributed by atoms with Crippen molar-refractivity contribution in [3.63, 3.8) is 0 Å². The summed E-state index contributed by atoms with van der Waals surface area (Å²) in [4.78, 5) is 0. The van der Waals surface area contributed by atoms with Crippen molar-refractivity contribution < 1.29 is 10.2 Å². The second-order valence-corrected chi connectivity index (χ2v) is 2.13. The van der Waals surface area contributed by atoms with Crippen molar-refractivity contribution in [1.82, 2.24) is 0 Å². The van der Waals surface area contributed by atoms with E-state index >= 15 is 0 Å². The van der Waals surface area contributed by atoms with Gasteiger partial charge >= 0.3 is 0 Å². The molecular formula is C8H12Cl2O2. The molecule has 0 aliphatic heterocycles. The minimum Gasteiger partial charge on any atom is -0.392 e. The molecule has 4 heteroatoms. The molecule has 12 heavy (non-hydrogen) atoms. The van der Waals surface area contributed by atoms with Crippen molar-refractivity contribution in [1.29, 1.82) is 0 Å². The van der Waals surface area contributed by atoms with Gasteiger partial charge in [-0.2, -0.15) is 0 Å². The standard InChI is InChI=1S/C8H10O2.2ClH/c9-5-7-1-2-8(6-10)4-3-7;;/h1-4,9-10H,5-6H2;2*1H. The van der Waals surface area contributed by atoms with E-state index in [2.05, 4.69) is 0 Å². The third kappa shape index (κ3) is 3.93. The van der Waals surface area contributed by atoms with Gasteiger partial charge < -0.3 is 10.2 Å². The van der Waals surface area contributed by atoms with Crippen molar-refractivity contribution in [2.24, 2.45) is 0 Å². The van der Waals surface area contributed by atoms with Gasteiger partial charge in [0.15, 0.2) is 0 Å². The summed E-state index contributed by atoms with van der Waals surface area (Å²) in [6.45, 7) is 0.122. The molecule has 2 N–H and O–H groups in total. The first kappa shape index (κ1) is 14.3. The zero-order chi connectivity index (χ0) is 7.40. The number of rotatable bonds is 2. The van der Waals surface area contributed by atoms with Gasteiger partial charge in [0, 0.05) is 0 Å². The lowest BCUT2D eigenvalue weighted by Gasteiger charge is -1.96. The number of benzene rings is 1. The third-order valence-corrected chi connectivity index (χ3v) is 1.39. The van der Waals surface area contributed by atoms with E-state index in [1.807, 2.05) is 0 Å². The molecule has 0 fully saturated rings. The molecule has 2 nitrogen and oxygen atoms in total. The van der Waals surface area contributed by atoms with E-state index in [0.29, 0.717) is 0 Å². The Morgan fingerprint density at radius 2 is 1.00 bits per heavy atom. The van der Waals surface area contributed by atoms with E-state index in [1.54, 1.807) is 24.3 Å². The van der Waals surface area contributed by atoms with Gasteiger partial charge in [-0.1, -0.05) is 24.3 Å². The average molecular weight is 211 g/mol. The predicted molar refractivity (Wildman–Crippen MR) is 52.8 cm³/mol. The molecule has 0 saturated carbocycles. The summed E-state index contributed by atoms with van der Waals surface area (Å²) in [6.07, 6.45) is 0. The van der Waals surface area contributed by atoms with E-state index in [0.717, 1.165) is 11.1 Å². The molecule has 0 unspecified atom stereocenters. The fraction of sp³-hybridized carbons (Fsp3) is 0.250. The van der Waals surface area contributed by atoms with Crippen LogP contribution >= 0.6 is 24.8 Å². The van der Waals surface area contributed by atoms with Crippen molar-refractivity contribution in [3.05, 3.63) is 35.4 Å². The fourth-order valence-electron chi connectivity index (χ4n) is 0.750. The molecule has 0 aliphatic carbocycles. The second kappa shape index (κ2) is 7.37. The zero-order valence-corrected chi connectivity index (χ0v) is 8.07. The van der Waals surface area contributed by atoms with Gasteiger partial charge in [-0.25, -0.2) is 0 Å². The molecule has 1 aromatic rings. The van der Waals surface area contributed by atoms with E-state index in [9.17, 15) is 0 Å². The van der Waals surface area contributed by atoms with Gasteiger partial charge in [0.25, 0.3) is 0 Å². The van der Waals surface area contributed by atoms with Crippen molar-refractivity contribution in [2.75, 3.05) is 0 Å². The molecule has 1 aromatic carbocycles. The van der Waals surface area contributed by atoms with Crippen molar-refractivity contribution in [3.8, 4) is 0 Å². The summed E-state index contributed by atoms with van der Waals surface area (Å²) in [7, 11) is 0. The molecule has 0 heterocycles. The Bertz CT molecular complexity index is 176. The van der Waals surface area contributed by atoms with Gasteiger partial charge in [-0.05, 0) is 11.1 Å². The van der Waals surface area contributed by atoms with E-state index in [1.165, 1.54) is 0 Å². The van der Waals surface area contributed by atoms with E-state index < -0.39 is 0 Å². The molecule has 0 amide bonds. The number of hydrogen-bond acceptors (Lipinski definition) is 2. The van der Waals surface area contributed by atoms with Crippen LogP contribution in [0, 0.1) is 0 Å². The summed E-state index contributed by atoms with van der Waals surface area (Å²) in [6, 6.07) is 7.19. The molecule has 70 valence electrons.